The van der Waals surface area contributed by atoms with Crippen molar-refractivity contribution in [1.29, 1.82) is 0 Å². The monoisotopic (exact) mass is 370 g/mol. The molecule has 1 atom stereocenters. The predicted octanol–water partition coefficient (Wildman–Crippen LogP) is 4.22. The average molecular weight is 372 g/mol. The topological polar surface area (TPSA) is 29.3 Å². The Hall–Kier alpha value is -0.390. The summed E-state index contributed by atoms with van der Waals surface area (Å²) in [4.78, 5) is 3.69. The van der Waals surface area contributed by atoms with Crippen molar-refractivity contribution in [2.75, 3.05) is 13.1 Å². The molecule has 2 N–H and O–H groups in total. The molecule has 2 nitrogen and oxygen atoms in total. The molecule has 5 heteroatoms. The molecule has 0 bridgehead atoms. The fourth-order valence-corrected chi connectivity index (χ4v) is 4.64. The van der Waals surface area contributed by atoms with Crippen LogP contribution in [-0.2, 0) is 13.0 Å². The van der Waals surface area contributed by atoms with Crippen molar-refractivity contribution in [2.24, 2.45) is 5.73 Å². The molecule has 1 aromatic heterocycles. The number of hydrogen-bond donors (Lipinski definition) is 1. The molecule has 0 amide bonds. The zero-order valence-electron chi connectivity index (χ0n) is 11.0. The van der Waals surface area contributed by atoms with Crippen molar-refractivity contribution in [3.63, 3.8) is 0 Å². The third-order valence-corrected chi connectivity index (χ3v) is 6.39. The van der Waals surface area contributed by atoms with Crippen LogP contribution >= 0.6 is 38.9 Å². The van der Waals surface area contributed by atoms with Crippen molar-refractivity contribution >= 4 is 38.9 Å². The van der Waals surface area contributed by atoms with Crippen LogP contribution < -0.4 is 5.73 Å². The molecule has 20 heavy (non-hydrogen) atoms. The molecule has 1 unspecified atom stereocenters. The lowest BCUT2D eigenvalue weighted by molar-refractivity contribution is 0.186. The molecular formula is C15H16BrClN2S. The lowest BCUT2D eigenvalue weighted by Crippen LogP contribution is -2.37. The summed E-state index contributed by atoms with van der Waals surface area (Å²) in [6, 6.07) is 11.0. The smallest absolute Gasteiger partial charge is 0.107 e. The van der Waals surface area contributed by atoms with Crippen molar-refractivity contribution in [3.05, 3.63) is 55.1 Å². The van der Waals surface area contributed by atoms with E-state index in [1.807, 2.05) is 0 Å². The number of hydrogen-bond acceptors (Lipinski definition) is 3. The number of rotatable bonds is 3. The second-order valence-electron chi connectivity index (χ2n) is 5.01. The van der Waals surface area contributed by atoms with Crippen LogP contribution in [0.1, 0.15) is 22.0 Å². The van der Waals surface area contributed by atoms with Crippen LogP contribution in [0.2, 0.25) is 4.34 Å². The van der Waals surface area contributed by atoms with Gasteiger partial charge in [0.25, 0.3) is 0 Å². The van der Waals surface area contributed by atoms with E-state index >= 15 is 0 Å². The number of nitrogens with zero attached hydrogens (tertiary/aromatic N) is 1. The molecule has 0 spiro atoms. The molecule has 2 aromatic rings. The van der Waals surface area contributed by atoms with Gasteiger partial charge in [0, 0.05) is 29.0 Å². The summed E-state index contributed by atoms with van der Waals surface area (Å²) in [5.41, 5.74) is 8.90. The second kappa shape index (κ2) is 6.16. The summed E-state index contributed by atoms with van der Waals surface area (Å²) in [5.74, 6) is 0. The van der Waals surface area contributed by atoms with Crippen LogP contribution in [0.3, 0.4) is 0 Å². The largest absolute Gasteiger partial charge is 0.329 e. The van der Waals surface area contributed by atoms with Crippen LogP contribution in [0.25, 0.3) is 0 Å². The lowest BCUT2D eigenvalue weighted by Gasteiger charge is -2.34. The Morgan fingerprint density at radius 3 is 2.75 bits per heavy atom. The van der Waals surface area contributed by atoms with Crippen LogP contribution in [0, 0.1) is 0 Å². The fraction of sp³-hybridized carbons (Fsp3) is 0.333. The van der Waals surface area contributed by atoms with Gasteiger partial charge in [-0.2, -0.15) is 0 Å². The molecule has 0 saturated carbocycles. The zero-order chi connectivity index (χ0) is 14.1. The maximum atomic E-state index is 6.16. The SMILES string of the molecule is NCC(c1cc(Br)c(Cl)s1)N1CCc2ccccc2C1. The standard InChI is InChI=1S/C15H16BrClN2S/c16-12-7-14(20-15(12)17)13(8-18)19-6-5-10-3-1-2-4-11(10)9-19/h1-4,7,13H,5-6,8-9,18H2. The highest BCUT2D eigenvalue weighted by molar-refractivity contribution is 9.10. The third kappa shape index (κ3) is 2.81. The van der Waals surface area contributed by atoms with E-state index in [0.717, 1.165) is 28.3 Å². The van der Waals surface area contributed by atoms with Crippen molar-refractivity contribution in [2.45, 2.75) is 19.0 Å². The number of nitrogens with two attached hydrogens (primary N) is 1. The van der Waals surface area contributed by atoms with E-state index in [9.17, 15) is 0 Å². The maximum Gasteiger partial charge on any atom is 0.107 e. The first-order valence-electron chi connectivity index (χ1n) is 6.64. The summed E-state index contributed by atoms with van der Waals surface area (Å²) in [7, 11) is 0. The molecule has 106 valence electrons. The van der Waals surface area contributed by atoms with Gasteiger partial charge in [-0.1, -0.05) is 35.9 Å². The van der Waals surface area contributed by atoms with E-state index in [0.29, 0.717) is 6.54 Å². The molecule has 1 aromatic carbocycles. The normalized spacial score (nSPS) is 16.9. The predicted molar refractivity (Wildman–Crippen MR) is 89.4 cm³/mol. The van der Waals surface area contributed by atoms with Crippen LogP contribution in [0.5, 0.6) is 0 Å². The van der Waals surface area contributed by atoms with Gasteiger partial charge in [0.1, 0.15) is 4.34 Å². The maximum absolute atomic E-state index is 6.16. The fourth-order valence-electron chi connectivity index (χ4n) is 2.76. The van der Waals surface area contributed by atoms with E-state index in [-0.39, 0.29) is 6.04 Å². The Bertz CT molecular complexity index is 594. The minimum atomic E-state index is 0.247. The first kappa shape index (κ1) is 14.5. The van der Waals surface area contributed by atoms with E-state index in [1.54, 1.807) is 11.3 Å². The molecule has 3 rings (SSSR count). The van der Waals surface area contributed by atoms with Gasteiger partial charge < -0.3 is 5.73 Å². The van der Waals surface area contributed by atoms with Crippen molar-refractivity contribution in [1.82, 2.24) is 4.90 Å². The number of benzene rings is 1. The van der Waals surface area contributed by atoms with Gasteiger partial charge in [0.2, 0.25) is 0 Å². The number of thiophene rings is 1. The van der Waals surface area contributed by atoms with E-state index in [1.165, 1.54) is 16.0 Å². The highest BCUT2D eigenvalue weighted by atomic mass is 79.9. The Balaban J connectivity index is 1.85. The summed E-state index contributed by atoms with van der Waals surface area (Å²) in [6.45, 7) is 2.63. The Labute approximate surface area is 136 Å². The van der Waals surface area contributed by atoms with Crippen LogP contribution in [0.4, 0.5) is 0 Å². The highest BCUT2D eigenvalue weighted by Crippen LogP contribution is 2.38. The first-order valence-corrected chi connectivity index (χ1v) is 8.63. The van der Waals surface area contributed by atoms with Gasteiger partial charge in [-0.25, -0.2) is 0 Å². The van der Waals surface area contributed by atoms with Gasteiger partial charge >= 0.3 is 0 Å². The van der Waals surface area contributed by atoms with Crippen LogP contribution in [0.15, 0.2) is 34.8 Å². The molecule has 1 aliphatic rings. The quantitative estimate of drug-likeness (QED) is 0.875. The van der Waals surface area contributed by atoms with Gasteiger partial charge in [-0.15, -0.1) is 11.3 Å². The third-order valence-electron chi connectivity index (χ3n) is 3.82. The Morgan fingerprint density at radius 1 is 1.35 bits per heavy atom. The molecule has 0 aliphatic carbocycles. The summed E-state index contributed by atoms with van der Waals surface area (Å²) < 4.78 is 1.77. The summed E-state index contributed by atoms with van der Waals surface area (Å²) >= 11 is 11.3. The summed E-state index contributed by atoms with van der Waals surface area (Å²) in [6.07, 6.45) is 1.09. The highest BCUT2D eigenvalue weighted by Gasteiger charge is 2.25. The Kier molecular flexibility index (Phi) is 4.48. The molecule has 1 aliphatic heterocycles. The minimum absolute atomic E-state index is 0.247. The molecular weight excluding hydrogens is 356 g/mol. The van der Waals surface area contributed by atoms with E-state index in [2.05, 4.69) is 51.2 Å². The average Bonchev–Trinajstić information content (AvgIpc) is 2.79. The van der Waals surface area contributed by atoms with Crippen LogP contribution in [-0.4, -0.2) is 18.0 Å². The number of fused-ring (bicyclic) bond motifs is 1. The zero-order valence-corrected chi connectivity index (χ0v) is 14.1. The lowest BCUT2D eigenvalue weighted by atomic mass is 9.98. The van der Waals surface area contributed by atoms with Crippen molar-refractivity contribution < 1.29 is 0 Å². The molecule has 0 fully saturated rings. The van der Waals surface area contributed by atoms with Crippen molar-refractivity contribution in [3.8, 4) is 0 Å². The van der Waals surface area contributed by atoms with E-state index in [4.69, 9.17) is 17.3 Å². The van der Waals surface area contributed by atoms with E-state index < -0.39 is 0 Å². The second-order valence-corrected chi connectivity index (χ2v) is 7.55. The number of halogens is 2. The molecule has 0 radical (unpaired) electrons. The summed E-state index contributed by atoms with van der Waals surface area (Å²) in [5, 5.41) is 0. The van der Waals surface area contributed by atoms with Gasteiger partial charge in [0.15, 0.2) is 0 Å². The first-order chi connectivity index (χ1) is 9.69. The minimum Gasteiger partial charge on any atom is -0.329 e. The Morgan fingerprint density at radius 2 is 2.10 bits per heavy atom. The van der Waals surface area contributed by atoms with Gasteiger partial charge in [-0.05, 0) is 39.5 Å². The van der Waals surface area contributed by atoms with Gasteiger partial charge in [0.05, 0.1) is 6.04 Å². The van der Waals surface area contributed by atoms with Gasteiger partial charge in [-0.3, -0.25) is 4.90 Å². The molecule has 2 heterocycles. The molecule has 0 saturated heterocycles.